The van der Waals surface area contributed by atoms with E-state index in [1.54, 1.807) is 24.3 Å². The summed E-state index contributed by atoms with van der Waals surface area (Å²) in [7, 11) is 0. The highest BCUT2D eigenvalue weighted by Gasteiger charge is 2.05. The van der Waals surface area contributed by atoms with Gasteiger partial charge in [0.25, 0.3) is 0 Å². The fourth-order valence-corrected chi connectivity index (χ4v) is 3.74. The van der Waals surface area contributed by atoms with Crippen molar-refractivity contribution in [2.75, 3.05) is 6.61 Å². The zero-order valence-electron chi connectivity index (χ0n) is 23.0. The molecule has 0 saturated heterocycles. The molecule has 4 rings (SSSR count). The molecule has 0 unspecified atom stereocenters. The molecule has 0 atom stereocenters. The molecule has 0 spiro atoms. The smallest absolute Gasteiger partial charge is 0.224 e. The van der Waals surface area contributed by atoms with Crippen LogP contribution in [0.5, 0.6) is 11.5 Å². The lowest BCUT2D eigenvalue weighted by molar-refractivity contribution is -0.121. The molecule has 0 aromatic heterocycles. The second-order valence-corrected chi connectivity index (χ2v) is 9.39. The lowest BCUT2D eigenvalue weighted by Gasteiger charge is -2.07. The molecular weight excluding hydrogens is 500 g/mol. The van der Waals surface area contributed by atoms with Crippen molar-refractivity contribution in [2.45, 2.75) is 45.7 Å². The largest absolute Gasteiger partial charge is 0.508 e. The molecule has 0 bridgehead atoms. The standard InChI is InChI=1S/C19H23NO2.C15H15NO2/c1-2-3-13-22-18-11-9-16(10-12-18)14-19(21)20-15-17-7-5-4-6-8-17;17-14-8-6-12(7-9-14)10-15(18)16-11-13-4-2-1-3-5-13/h4-12H,2-3,13-15H2,1H3,(H,20,21);1-9,17H,10-11H2,(H,16,18). The molecule has 4 aromatic carbocycles. The molecule has 40 heavy (non-hydrogen) atoms. The Kier molecular flexibility index (Phi) is 12.8. The molecule has 2 amide bonds. The van der Waals surface area contributed by atoms with Crippen molar-refractivity contribution in [2.24, 2.45) is 0 Å². The Morgan fingerprint density at radius 2 is 1.07 bits per heavy atom. The molecule has 0 aliphatic rings. The molecule has 0 aliphatic carbocycles. The summed E-state index contributed by atoms with van der Waals surface area (Å²) >= 11 is 0. The van der Waals surface area contributed by atoms with Gasteiger partial charge in [0.2, 0.25) is 11.8 Å². The highest BCUT2D eigenvalue weighted by Crippen LogP contribution is 2.13. The van der Waals surface area contributed by atoms with Crippen molar-refractivity contribution in [1.29, 1.82) is 0 Å². The molecular formula is C34H38N2O4. The molecule has 0 fully saturated rings. The molecule has 0 saturated carbocycles. The fraction of sp³-hybridized carbons (Fsp3) is 0.235. The number of phenolic OH excluding ortho intramolecular Hbond substituents is 1. The highest BCUT2D eigenvalue weighted by molar-refractivity contribution is 5.79. The lowest BCUT2D eigenvalue weighted by Crippen LogP contribution is -2.24. The molecule has 6 heteroatoms. The van der Waals surface area contributed by atoms with Crippen molar-refractivity contribution < 1.29 is 19.4 Å². The minimum absolute atomic E-state index is 0.0236. The van der Waals surface area contributed by atoms with E-state index < -0.39 is 0 Å². The first kappa shape index (κ1) is 30.0. The van der Waals surface area contributed by atoms with Crippen LogP contribution in [0.1, 0.15) is 42.0 Å². The maximum absolute atomic E-state index is 11.9. The van der Waals surface area contributed by atoms with E-state index in [4.69, 9.17) is 9.84 Å². The summed E-state index contributed by atoms with van der Waals surface area (Å²) in [6.07, 6.45) is 2.90. The van der Waals surface area contributed by atoms with Gasteiger partial charge in [-0.2, -0.15) is 0 Å². The summed E-state index contributed by atoms with van der Waals surface area (Å²) in [5.41, 5.74) is 4.07. The number of aromatic hydroxyl groups is 1. The minimum atomic E-state index is -0.0236. The fourth-order valence-electron chi connectivity index (χ4n) is 3.74. The number of hydrogen-bond donors (Lipinski definition) is 3. The average molecular weight is 539 g/mol. The van der Waals surface area contributed by atoms with Gasteiger partial charge in [-0.3, -0.25) is 9.59 Å². The van der Waals surface area contributed by atoms with Crippen molar-refractivity contribution in [3.8, 4) is 11.5 Å². The van der Waals surface area contributed by atoms with Gasteiger partial charge in [0.15, 0.2) is 0 Å². The Hall–Kier alpha value is -4.58. The van der Waals surface area contributed by atoms with Gasteiger partial charge in [-0.05, 0) is 52.9 Å². The van der Waals surface area contributed by atoms with Gasteiger partial charge >= 0.3 is 0 Å². The molecule has 6 nitrogen and oxygen atoms in total. The molecule has 208 valence electrons. The number of carbonyl (C=O) groups is 2. The van der Waals surface area contributed by atoms with Gasteiger partial charge in [-0.25, -0.2) is 0 Å². The van der Waals surface area contributed by atoms with Crippen molar-refractivity contribution in [3.05, 3.63) is 131 Å². The van der Waals surface area contributed by atoms with Crippen molar-refractivity contribution >= 4 is 11.8 Å². The van der Waals surface area contributed by atoms with Crippen LogP contribution in [0.15, 0.2) is 109 Å². The number of nitrogens with one attached hydrogen (secondary N) is 2. The van der Waals surface area contributed by atoms with Crippen LogP contribution in [0.25, 0.3) is 0 Å². The first-order valence-electron chi connectivity index (χ1n) is 13.6. The van der Waals surface area contributed by atoms with Crippen LogP contribution in [0, 0.1) is 0 Å². The van der Waals surface area contributed by atoms with E-state index in [2.05, 4.69) is 17.6 Å². The zero-order chi connectivity index (χ0) is 28.4. The van der Waals surface area contributed by atoms with Crippen LogP contribution in [-0.2, 0) is 35.5 Å². The summed E-state index contributed by atoms with van der Waals surface area (Å²) in [6.45, 7) is 3.99. The third kappa shape index (κ3) is 11.9. The normalized spacial score (nSPS) is 10.1. The predicted molar refractivity (Wildman–Crippen MR) is 159 cm³/mol. The Balaban J connectivity index is 0.000000225. The third-order valence-electron chi connectivity index (χ3n) is 6.02. The SMILES string of the molecule is CCCCOc1ccc(CC(=O)NCc2ccccc2)cc1.O=C(Cc1ccc(O)cc1)NCc1ccccc1. The number of amides is 2. The van der Waals surface area contributed by atoms with E-state index in [0.29, 0.717) is 25.9 Å². The summed E-state index contributed by atoms with van der Waals surface area (Å²) in [4.78, 5) is 23.6. The first-order chi connectivity index (χ1) is 19.5. The van der Waals surface area contributed by atoms with E-state index in [1.165, 1.54) is 0 Å². The third-order valence-corrected chi connectivity index (χ3v) is 6.02. The van der Waals surface area contributed by atoms with Crippen LogP contribution < -0.4 is 15.4 Å². The minimum Gasteiger partial charge on any atom is -0.508 e. The van der Waals surface area contributed by atoms with E-state index >= 15 is 0 Å². The van der Waals surface area contributed by atoms with Gasteiger partial charge in [-0.15, -0.1) is 0 Å². The van der Waals surface area contributed by atoms with Gasteiger partial charge in [0.05, 0.1) is 19.4 Å². The monoisotopic (exact) mass is 538 g/mol. The number of ether oxygens (including phenoxy) is 1. The van der Waals surface area contributed by atoms with E-state index in [0.717, 1.165) is 47.5 Å². The summed E-state index contributed by atoms with van der Waals surface area (Å²) < 4.78 is 5.61. The van der Waals surface area contributed by atoms with Crippen LogP contribution in [0.2, 0.25) is 0 Å². The number of rotatable bonds is 12. The molecule has 3 N–H and O–H groups in total. The summed E-state index contributed by atoms with van der Waals surface area (Å²) in [5, 5.41) is 14.9. The number of carbonyl (C=O) groups excluding carboxylic acids is 2. The van der Waals surface area contributed by atoms with Gasteiger partial charge < -0.3 is 20.5 Å². The number of hydrogen-bond acceptors (Lipinski definition) is 4. The van der Waals surface area contributed by atoms with E-state index in [-0.39, 0.29) is 17.6 Å². The summed E-state index contributed by atoms with van der Waals surface area (Å²) in [5.74, 6) is 1.08. The molecule has 0 aliphatic heterocycles. The second kappa shape index (κ2) is 17.1. The maximum atomic E-state index is 11.9. The lowest BCUT2D eigenvalue weighted by atomic mass is 10.1. The number of benzene rings is 4. The van der Waals surface area contributed by atoms with Gasteiger partial charge in [-0.1, -0.05) is 98.3 Å². The maximum Gasteiger partial charge on any atom is 0.224 e. The van der Waals surface area contributed by atoms with Crippen LogP contribution in [0.3, 0.4) is 0 Å². The second-order valence-electron chi connectivity index (χ2n) is 9.39. The van der Waals surface area contributed by atoms with Crippen molar-refractivity contribution in [1.82, 2.24) is 10.6 Å². The van der Waals surface area contributed by atoms with Crippen LogP contribution in [-0.4, -0.2) is 23.5 Å². The Bertz CT molecular complexity index is 1280. The Morgan fingerprint density at radius 3 is 1.52 bits per heavy atom. The topological polar surface area (TPSA) is 87.7 Å². The molecule has 0 radical (unpaired) electrons. The van der Waals surface area contributed by atoms with Crippen LogP contribution >= 0.6 is 0 Å². The quantitative estimate of drug-likeness (QED) is 0.194. The predicted octanol–water partition coefficient (Wildman–Crippen LogP) is 5.98. The number of unbranched alkanes of at least 4 members (excludes halogenated alkanes) is 1. The number of phenols is 1. The first-order valence-corrected chi connectivity index (χ1v) is 13.6. The van der Waals surface area contributed by atoms with Gasteiger partial charge in [0, 0.05) is 13.1 Å². The Morgan fingerprint density at radius 1 is 0.625 bits per heavy atom. The highest BCUT2D eigenvalue weighted by atomic mass is 16.5. The van der Waals surface area contributed by atoms with Crippen LogP contribution in [0.4, 0.5) is 0 Å². The van der Waals surface area contributed by atoms with E-state index in [1.807, 2.05) is 84.9 Å². The average Bonchev–Trinajstić information content (AvgIpc) is 2.99. The summed E-state index contributed by atoms with van der Waals surface area (Å²) in [6, 6.07) is 34.1. The Labute approximate surface area is 237 Å². The molecule has 0 heterocycles. The van der Waals surface area contributed by atoms with E-state index in [9.17, 15) is 9.59 Å². The van der Waals surface area contributed by atoms with Crippen molar-refractivity contribution in [3.63, 3.8) is 0 Å². The van der Waals surface area contributed by atoms with Gasteiger partial charge in [0.1, 0.15) is 11.5 Å². The zero-order valence-corrected chi connectivity index (χ0v) is 23.0. The molecule has 4 aromatic rings.